The van der Waals surface area contributed by atoms with Crippen LogP contribution in [0.1, 0.15) is 25.4 Å². The van der Waals surface area contributed by atoms with E-state index in [1.54, 1.807) is 6.20 Å². The maximum absolute atomic E-state index is 11.0. The van der Waals surface area contributed by atoms with Crippen molar-refractivity contribution in [1.29, 1.82) is 0 Å². The molecule has 0 radical (unpaired) electrons. The Kier molecular flexibility index (Phi) is 3.87. The molecule has 1 heterocycles. The summed E-state index contributed by atoms with van der Waals surface area (Å²) in [5.74, 6) is 0.465. The van der Waals surface area contributed by atoms with Crippen LogP contribution in [0.5, 0.6) is 0 Å². The van der Waals surface area contributed by atoms with Crippen LogP contribution in [0.3, 0.4) is 0 Å². The fraction of sp³-hybridized carbons (Fsp3) is 0.667. The van der Waals surface area contributed by atoms with Gasteiger partial charge in [0.2, 0.25) is 0 Å². The minimum absolute atomic E-state index is 0.0331. The van der Waals surface area contributed by atoms with E-state index in [4.69, 9.17) is 0 Å². The quantitative estimate of drug-likeness (QED) is 0.771. The Morgan fingerprint density at radius 3 is 2.73 bits per heavy atom. The largest absolute Gasteiger partial charge is 0.344 e. The van der Waals surface area contributed by atoms with Crippen LogP contribution in [0.2, 0.25) is 0 Å². The molecule has 0 saturated heterocycles. The van der Waals surface area contributed by atoms with Gasteiger partial charge in [-0.3, -0.25) is 0 Å². The summed E-state index contributed by atoms with van der Waals surface area (Å²) in [7, 11) is -3.01. The highest BCUT2D eigenvalue weighted by molar-refractivity contribution is 7.89. The second-order valence-corrected chi connectivity index (χ2v) is 6.10. The highest BCUT2D eigenvalue weighted by atomic mass is 32.2. The first kappa shape index (κ1) is 12.2. The molecule has 0 atom stereocenters. The summed E-state index contributed by atoms with van der Waals surface area (Å²) in [6.45, 7) is 4.77. The monoisotopic (exact) mass is 231 g/mol. The number of nitrogens with zero attached hydrogens (tertiary/aromatic N) is 1. The van der Waals surface area contributed by atoms with Crippen molar-refractivity contribution in [3.63, 3.8) is 0 Å². The van der Waals surface area contributed by atoms with Gasteiger partial charge in [0.05, 0.1) is 0 Å². The van der Waals surface area contributed by atoms with Gasteiger partial charge < -0.3 is 10.3 Å². The summed E-state index contributed by atoms with van der Waals surface area (Å²) in [4.78, 5) is 6.98. The zero-order valence-corrected chi connectivity index (χ0v) is 10.1. The number of nitrogens with one attached hydrogen (secondary N) is 2. The molecule has 0 saturated carbocycles. The van der Waals surface area contributed by atoms with Gasteiger partial charge >= 0.3 is 0 Å². The van der Waals surface area contributed by atoms with Crippen molar-refractivity contribution in [3.05, 3.63) is 17.7 Å². The van der Waals surface area contributed by atoms with Gasteiger partial charge in [-0.1, -0.05) is 13.8 Å². The summed E-state index contributed by atoms with van der Waals surface area (Å²) < 4.78 is 22.0. The van der Waals surface area contributed by atoms with Crippen molar-refractivity contribution >= 4 is 9.84 Å². The number of H-pyrrole nitrogens is 1. The molecule has 0 spiro atoms. The highest BCUT2D eigenvalue weighted by Crippen LogP contribution is 2.01. The van der Waals surface area contributed by atoms with E-state index in [0.717, 1.165) is 5.69 Å². The van der Waals surface area contributed by atoms with Crippen LogP contribution < -0.4 is 5.32 Å². The molecule has 0 aliphatic rings. The van der Waals surface area contributed by atoms with Gasteiger partial charge in [-0.05, 0) is 0 Å². The maximum atomic E-state index is 11.0. The third-order valence-electron chi connectivity index (χ3n) is 1.78. The number of aromatic amines is 1. The number of sulfone groups is 1. The number of imidazole rings is 1. The Morgan fingerprint density at radius 1 is 1.53 bits per heavy atom. The fourth-order valence-corrected chi connectivity index (χ4v) is 1.77. The van der Waals surface area contributed by atoms with E-state index in [0.29, 0.717) is 18.4 Å². The molecule has 1 aromatic heterocycles. The molecule has 0 fully saturated rings. The fourth-order valence-electron chi connectivity index (χ4n) is 1.13. The van der Waals surface area contributed by atoms with Gasteiger partial charge in [-0.15, -0.1) is 0 Å². The Morgan fingerprint density at radius 2 is 2.20 bits per heavy atom. The van der Waals surface area contributed by atoms with Crippen molar-refractivity contribution in [3.8, 4) is 0 Å². The normalized spacial score (nSPS) is 12.3. The van der Waals surface area contributed by atoms with Crippen molar-refractivity contribution in [1.82, 2.24) is 15.3 Å². The predicted molar refractivity (Wildman–Crippen MR) is 59.1 cm³/mol. The van der Waals surface area contributed by atoms with Gasteiger partial charge in [0, 0.05) is 30.7 Å². The minimum atomic E-state index is -3.01. The lowest BCUT2D eigenvalue weighted by Gasteiger charge is -2.05. The van der Waals surface area contributed by atoms with Crippen LogP contribution in [0.25, 0.3) is 0 Å². The van der Waals surface area contributed by atoms with E-state index in [-0.39, 0.29) is 5.75 Å². The first-order chi connectivity index (χ1) is 6.87. The summed E-state index contributed by atoms with van der Waals surface area (Å²) in [6, 6.07) is 0.395. The van der Waals surface area contributed by atoms with Gasteiger partial charge in [0.25, 0.3) is 0 Å². The highest BCUT2D eigenvalue weighted by Gasteiger charge is 2.08. The first-order valence-corrected chi connectivity index (χ1v) is 6.87. The molecule has 0 amide bonds. The number of hydrogen-bond acceptors (Lipinski definition) is 4. The van der Waals surface area contributed by atoms with E-state index in [1.165, 1.54) is 6.26 Å². The number of rotatable bonds is 5. The number of aromatic nitrogens is 2. The summed E-state index contributed by atoms with van der Waals surface area (Å²) >= 11 is 0. The lowest BCUT2D eigenvalue weighted by atomic mass is 10.4. The molecule has 5 nitrogen and oxygen atoms in total. The van der Waals surface area contributed by atoms with Crippen LogP contribution in [0, 0.1) is 0 Å². The zero-order valence-electron chi connectivity index (χ0n) is 9.24. The van der Waals surface area contributed by atoms with Gasteiger partial charge in [0.15, 0.2) is 9.84 Å². The average molecular weight is 231 g/mol. The predicted octanol–water partition coefficient (Wildman–Crippen LogP) is 0.452. The standard InChI is InChI=1S/C9H17N3O2S/c1-7(2)10-4-8-5-11-9(12-8)6-15(3,13)14/h5,7,10H,4,6H2,1-3H3,(H,11,12). The second kappa shape index (κ2) is 4.76. The SMILES string of the molecule is CC(C)NCc1cnc(CS(C)(=O)=O)[nH]1. The van der Waals surface area contributed by atoms with Crippen LogP contribution in [0.15, 0.2) is 6.20 Å². The van der Waals surface area contributed by atoms with Crippen molar-refractivity contribution < 1.29 is 8.42 Å². The molecule has 0 aliphatic carbocycles. The minimum Gasteiger partial charge on any atom is -0.344 e. The molecule has 1 rings (SSSR count). The Labute approximate surface area is 90.2 Å². The molecule has 86 valence electrons. The molecule has 0 unspecified atom stereocenters. The maximum Gasteiger partial charge on any atom is 0.154 e. The van der Waals surface area contributed by atoms with Crippen LogP contribution in [-0.2, 0) is 22.1 Å². The van der Waals surface area contributed by atoms with E-state index < -0.39 is 9.84 Å². The Balaban J connectivity index is 2.57. The lowest BCUT2D eigenvalue weighted by molar-refractivity contribution is 0.582. The summed E-state index contributed by atoms with van der Waals surface area (Å²) in [5.41, 5.74) is 0.905. The van der Waals surface area contributed by atoms with Crippen molar-refractivity contribution in [2.75, 3.05) is 6.26 Å². The molecule has 1 aromatic rings. The third-order valence-corrected chi connectivity index (χ3v) is 2.58. The van der Waals surface area contributed by atoms with Gasteiger partial charge in [-0.2, -0.15) is 0 Å². The van der Waals surface area contributed by atoms with Gasteiger partial charge in [0.1, 0.15) is 11.6 Å². The summed E-state index contributed by atoms with van der Waals surface area (Å²) in [6.07, 6.45) is 2.86. The van der Waals surface area contributed by atoms with Crippen LogP contribution >= 0.6 is 0 Å². The molecule has 0 bridgehead atoms. The van der Waals surface area contributed by atoms with E-state index in [1.807, 2.05) is 13.8 Å². The molecule has 0 aliphatic heterocycles. The molecule has 6 heteroatoms. The van der Waals surface area contributed by atoms with Crippen LogP contribution in [0.4, 0.5) is 0 Å². The van der Waals surface area contributed by atoms with E-state index in [2.05, 4.69) is 15.3 Å². The smallest absolute Gasteiger partial charge is 0.154 e. The molecular formula is C9H17N3O2S. The number of hydrogen-bond donors (Lipinski definition) is 2. The Hall–Kier alpha value is -0.880. The molecule has 15 heavy (non-hydrogen) atoms. The average Bonchev–Trinajstić information content (AvgIpc) is 2.45. The molecule has 0 aromatic carbocycles. The molecular weight excluding hydrogens is 214 g/mol. The zero-order chi connectivity index (χ0) is 11.5. The Bertz CT molecular complexity index is 409. The second-order valence-electron chi connectivity index (χ2n) is 3.96. The van der Waals surface area contributed by atoms with Crippen LogP contribution in [-0.4, -0.2) is 30.7 Å². The van der Waals surface area contributed by atoms with Gasteiger partial charge in [-0.25, -0.2) is 13.4 Å². The lowest BCUT2D eigenvalue weighted by Crippen LogP contribution is -2.22. The van der Waals surface area contributed by atoms with E-state index >= 15 is 0 Å². The third kappa shape index (κ3) is 4.94. The van der Waals surface area contributed by atoms with Crippen molar-refractivity contribution in [2.24, 2.45) is 0 Å². The van der Waals surface area contributed by atoms with Crippen molar-refractivity contribution in [2.45, 2.75) is 32.2 Å². The first-order valence-electron chi connectivity index (χ1n) is 4.80. The van der Waals surface area contributed by atoms with E-state index in [9.17, 15) is 8.42 Å². The molecule has 2 N–H and O–H groups in total. The summed E-state index contributed by atoms with van der Waals surface area (Å²) in [5, 5.41) is 3.22. The topological polar surface area (TPSA) is 74.8 Å².